The molecule has 9 nitrogen and oxygen atoms in total. The number of benzene rings is 2. The summed E-state index contributed by atoms with van der Waals surface area (Å²) in [6, 6.07) is 14.2. The number of aromatic nitrogens is 4. The second kappa shape index (κ2) is 9.96. The molecule has 1 aliphatic rings. The third kappa shape index (κ3) is 4.86. The van der Waals surface area contributed by atoms with Gasteiger partial charge in [-0.3, -0.25) is 9.36 Å². The number of amides is 1. The third-order valence-electron chi connectivity index (χ3n) is 6.26. The number of hydrogen-bond donors (Lipinski definition) is 3. The molecule has 0 spiro atoms. The minimum Gasteiger partial charge on any atom is -0.497 e. The number of halogens is 1. The number of methoxy groups -OCH3 is 1. The zero-order chi connectivity index (χ0) is 24.2. The van der Waals surface area contributed by atoms with Gasteiger partial charge in [-0.15, -0.1) is 0 Å². The summed E-state index contributed by atoms with van der Waals surface area (Å²) in [6.45, 7) is 0. The fourth-order valence-corrected chi connectivity index (χ4v) is 4.47. The topological polar surface area (TPSA) is 106 Å². The Morgan fingerprint density at radius 2 is 1.80 bits per heavy atom. The molecule has 2 aromatic carbocycles. The molecule has 0 atom stereocenters. The molecule has 180 valence electrons. The van der Waals surface area contributed by atoms with E-state index < -0.39 is 0 Å². The van der Waals surface area contributed by atoms with Crippen LogP contribution in [0.3, 0.4) is 0 Å². The van der Waals surface area contributed by atoms with Crippen LogP contribution in [0.25, 0.3) is 11.2 Å². The lowest BCUT2D eigenvalue weighted by molar-refractivity contribution is -0.110. The van der Waals surface area contributed by atoms with Gasteiger partial charge < -0.3 is 20.7 Å². The van der Waals surface area contributed by atoms with Crippen LogP contribution in [-0.2, 0) is 4.79 Å². The molecule has 35 heavy (non-hydrogen) atoms. The lowest BCUT2D eigenvalue weighted by atomic mass is 9.91. The van der Waals surface area contributed by atoms with Crippen molar-refractivity contribution in [3.05, 3.63) is 60.5 Å². The summed E-state index contributed by atoms with van der Waals surface area (Å²) in [4.78, 5) is 24.8. The maximum Gasteiger partial charge on any atom is 0.229 e. The number of fused-ring (bicyclic) bond motifs is 1. The average molecular weight is 476 g/mol. The van der Waals surface area contributed by atoms with Crippen molar-refractivity contribution in [3.8, 4) is 5.75 Å². The number of para-hydroxylation sites is 1. The molecule has 5 rings (SSSR count). The van der Waals surface area contributed by atoms with Crippen molar-refractivity contribution in [1.82, 2.24) is 24.8 Å². The molecule has 0 bridgehead atoms. The molecule has 1 saturated carbocycles. The maximum atomic E-state index is 14.4. The first-order valence-electron chi connectivity index (χ1n) is 11.5. The van der Waals surface area contributed by atoms with Crippen LogP contribution < -0.4 is 20.7 Å². The molecular weight excluding hydrogens is 449 g/mol. The second-order valence-corrected chi connectivity index (χ2v) is 8.46. The minimum absolute atomic E-state index is 0.0858. The normalized spacial score (nSPS) is 17.7. The molecule has 0 radical (unpaired) electrons. The van der Waals surface area contributed by atoms with Gasteiger partial charge in [-0.2, -0.15) is 4.98 Å². The predicted molar refractivity (Wildman–Crippen MR) is 132 cm³/mol. The Morgan fingerprint density at radius 1 is 1.03 bits per heavy atom. The molecule has 1 aliphatic carbocycles. The fourth-order valence-electron chi connectivity index (χ4n) is 4.47. The van der Waals surface area contributed by atoms with Crippen molar-refractivity contribution in [2.45, 2.75) is 37.8 Å². The van der Waals surface area contributed by atoms with Crippen molar-refractivity contribution < 1.29 is 13.9 Å². The first-order chi connectivity index (χ1) is 17.1. The number of carbonyl (C=O) groups excluding carboxylic acids is 1. The first-order valence-corrected chi connectivity index (χ1v) is 11.5. The van der Waals surface area contributed by atoms with E-state index in [1.807, 2.05) is 28.8 Å². The quantitative estimate of drug-likeness (QED) is 0.318. The highest BCUT2D eigenvalue weighted by atomic mass is 19.1. The number of nitrogens with zero attached hydrogens (tertiary/aromatic N) is 4. The van der Waals surface area contributed by atoms with Crippen LogP contribution in [0.15, 0.2) is 54.7 Å². The van der Waals surface area contributed by atoms with Crippen molar-refractivity contribution in [3.63, 3.8) is 0 Å². The summed E-state index contributed by atoms with van der Waals surface area (Å²) in [5, 5.41) is 9.25. The standard InChI is InChI=1S/C25H26FN7O2/c1-35-19-12-8-17(9-13-19)29-24-27-14-22-23(32-24)33(18-10-6-16(7-11-18)28-15-34)25(31-22)30-21-5-3-2-4-20(21)26/h2-5,8-9,12-16,18H,6-7,10-11H2,1H3,(H,28,34)(H,30,31)(H,27,29,32). The molecule has 2 heterocycles. The molecule has 0 aliphatic heterocycles. The fraction of sp³-hybridized carbons (Fsp3) is 0.280. The van der Waals surface area contributed by atoms with Gasteiger partial charge in [0.25, 0.3) is 0 Å². The molecule has 3 N–H and O–H groups in total. The van der Waals surface area contributed by atoms with Gasteiger partial charge in [0.05, 0.1) is 19.0 Å². The minimum atomic E-state index is -0.363. The predicted octanol–water partition coefficient (Wildman–Crippen LogP) is 4.69. The van der Waals surface area contributed by atoms with E-state index in [0.29, 0.717) is 28.7 Å². The van der Waals surface area contributed by atoms with Gasteiger partial charge in [0.15, 0.2) is 5.65 Å². The molecule has 4 aromatic rings. The largest absolute Gasteiger partial charge is 0.497 e. The smallest absolute Gasteiger partial charge is 0.229 e. The van der Waals surface area contributed by atoms with Crippen LogP contribution in [0.1, 0.15) is 31.7 Å². The van der Waals surface area contributed by atoms with Gasteiger partial charge in [-0.25, -0.2) is 14.4 Å². The van der Waals surface area contributed by atoms with E-state index >= 15 is 0 Å². The number of carbonyl (C=O) groups is 1. The molecule has 1 amide bonds. The first kappa shape index (κ1) is 22.6. The van der Waals surface area contributed by atoms with Crippen LogP contribution in [0.2, 0.25) is 0 Å². The molecule has 1 fully saturated rings. The maximum absolute atomic E-state index is 14.4. The number of hydrogen-bond acceptors (Lipinski definition) is 7. The third-order valence-corrected chi connectivity index (χ3v) is 6.26. The van der Waals surface area contributed by atoms with Crippen molar-refractivity contribution in [2.24, 2.45) is 0 Å². The Kier molecular flexibility index (Phi) is 6.42. The number of anilines is 4. The number of imidazole rings is 1. The Labute approximate surface area is 201 Å². The molecule has 10 heteroatoms. The van der Waals surface area contributed by atoms with E-state index in [9.17, 15) is 9.18 Å². The zero-order valence-electron chi connectivity index (χ0n) is 19.2. The zero-order valence-corrected chi connectivity index (χ0v) is 19.2. The van der Waals surface area contributed by atoms with Gasteiger partial charge in [0.1, 0.15) is 17.1 Å². The monoisotopic (exact) mass is 475 g/mol. The van der Waals surface area contributed by atoms with Gasteiger partial charge in [-0.1, -0.05) is 12.1 Å². The van der Waals surface area contributed by atoms with Gasteiger partial charge in [0, 0.05) is 17.8 Å². The van der Waals surface area contributed by atoms with Crippen LogP contribution in [-0.4, -0.2) is 39.1 Å². The van der Waals surface area contributed by atoms with E-state index in [1.165, 1.54) is 6.07 Å². The van der Waals surface area contributed by atoms with E-state index in [0.717, 1.165) is 43.5 Å². The Balaban J connectivity index is 1.50. The molecule has 0 unspecified atom stereocenters. The van der Waals surface area contributed by atoms with E-state index in [2.05, 4.69) is 20.9 Å². The molecular formula is C25H26FN7O2. The van der Waals surface area contributed by atoms with Crippen LogP contribution in [0.5, 0.6) is 5.75 Å². The Morgan fingerprint density at radius 3 is 2.51 bits per heavy atom. The molecule has 2 aromatic heterocycles. The summed E-state index contributed by atoms with van der Waals surface area (Å²) < 4.78 is 21.7. The highest BCUT2D eigenvalue weighted by Gasteiger charge is 2.27. The summed E-state index contributed by atoms with van der Waals surface area (Å²) in [5.41, 5.74) is 2.42. The van der Waals surface area contributed by atoms with Crippen molar-refractivity contribution in [1.29, 1.82) is 0 Å². The van der Waals surface area contributed by atoms with Crippen LogP contribution >= 0.6 is 0 Å². The Bertz CT molecular complexity index is 1320. The van der Waals surface area contributed by atoms with Crippen LogP contribution in [0, 0.1) is 5.82 Å². The number of nitrogens with one attached hydrogen (secondary N) is 3. The number of rotatable bonds is 8. The van der Waals surface area contributed by atoms with Crippen molar-refractivity contribution in [2.75, 3.05) is 17.7 Å². The second-order valence-electron chi connectivity index (χ2n) is 8.46. The SMILES string of the molecule is COc1ccc(Nc2ncc3nc(Nc4ccccc4F)n(C4CCC(NC=O)CC4)c3n2)cc1. The van der Waals surface area contributed by atoms with Crippen molar-refractivity contribution >= 4 is 40.8 Å². The summed E-state index contributed by atoms with van der Waals surface area (Å²) >= 11 is 0. The molecule has 0 saturated heterocycles. The van der Waals surface area contributed by atoms with Gasteiger partial charge in [-0.05, 0) is 62.1 Å². The highest BCUT2D eigenvalue weighted by molar-refractivity contribution is 5.77. The van der Waals surface area contributed by atoms with Gasteiger partial charge in [0.2, 0.25) is 18.3 Å². The summed E-state index contributed by atoms with van der Waals surface area (Å²) in [6.07, 6.45) is 5.75. The Hall–Kier alpha value is -4.21. The lowest BCUT2D eigenvalue weighted by Crippen LogP contribution is -2.33. The van der Waals surface area contributed by atoms with E-state index in [4.69, 9.17) is 14.7 Å². The van der Waals surface area contributed by atoms with E-state index in [-0.39, 0.29) is 17.9 Å². The summed E-state index contributed by atoms with van der Waals surface area (Å²) in [5.74, 6) is 1.33. The van der Waals surface area contributed by atoms with Crippen LogP contribution in [0.4, 0.5) is 27.7 Å². The number of ether oxygens (including phenoxy) is 1. The average Bonchev–Trinajstić information content (AvgIpc) is 3.24. The van der Waals surface area contributed by atoms with E-state index in [1.54, 1.807) is 31.5 Å². The summed E-state index contributed by atoms with van der Waals surface area (Å²) in [7, 11) is 1.62. The highest BCUT2D eigenvalue weighted by Crippen LogP contribution is 2.35. The lowest BCUT2D eigenvalue weighted by Gasteiger charge is -2.30. The van der Waals surface area contributed by atoms with Gasteiger partial charge >= 0.3 is 0 Å².